The summed E-state index contributed by atoms with van der Waals surface area (Å²) in [5, 5.41) is 19.9. The van der Waals surface area contributed by atoms with Crippen LogP contribution < -0.4 is 9.47 Å². The SMILES string of the molecule is COc1ccc(C[C@](C#N)(CO)c2nc3ccccc3[nH]2)c(OC)c1. The summed E-state index contributed by atoms with van der Waals surface area (Å²) in [7, 11) is 3.14. The molecule has 128 valence electrons. The summed E-state index contributed by atoms with van der Waals surface area (Å²) in [5.74, 6) is 1.70. The Labute approximate surface area is 145 Å². The Bertz CT molecular complexity index is 896. The Morgan fingerprint density at radius 3 is 2.64 bits per heavy atom. The number of nitrogens with one attached hydrogen (secondary N) is 1. The number of nitrogens with zero attached hydrogens (tertiary/aromatic N) is 2. The van der Waals surface area contributed by atoms with Crippen LogP contribution in [0.2, 0.25) is 0 Å². The molecule has 0 bridgehead atoms. The number of aromatic amines is 1. The standard InChI is InChI=1S/C19H19N3O3/c1-24-14-8-7-13(17(9-14)25-2)10-19(11-20,12-23)18-21-15-5-3-4-6-16(15)22-18/h3-9,23H,10,12H2,1-2H3,(H,21,22)/t19-/m0/s1. The monoisotopic (exact) mass is 337 g/mol. The maximum atomic E-state index is 10.0. The fraction of sp³-hybridized carbons (Fsp3) is 0.263. The van der Waals surface area contributed by atoms with Crippen molar-refractivity contribution >= 4 is 11.0 Å². The van der Waals surface area contributed by atoms with Crippen LogP contribution in [0, 0.1) is 11.3 Å². The normalized spacial score (nSPS) is 13.2. The van der Waals surface area contributed by atoms with Crippen LogP contribution in [0.5, 0.6) is 11.5 Å². The highest BCUT2D eigenvalue weighted by molar-refractivity contribution is 5.75. The molecule has 0 saturated carbocycles. The molecule has 0 fully saturated rings. The number of hydrogen-bond donors (Lipinski definition) is 2. The average molecular weight is 337 g/mol. The summed E-state index contributed by atoms with van der Waals surface area (Å²) in [6.07, 6.45) is 0.257. The topological polar surface area (TPSA) is 91.2 Å². The van der Waals surface area contributed by atoms with Crippen molar-refractivity contribution in [2.45, 2.75) is 11.8 Å². The third-order valence-corrected chi connectivity index (χ3v) is 4.31. The first-order valence-electron chi connectivity index (χ1n) is 7.84. The van der Waals surface area contributed by atoms with Gasteiger partial charge in [0.1, 0.15) is 22.7 Å². The molecule has 0 aliphatic carbocycles. The number of fused-ring (bicyclic) bond motifs is 1. The molecule has 0 aliphatic heterocycles. The minimum absolute atomic E-state index is 0.257. The van der Waals surface area contributed by atoms with E-state index in [9.17, 15) is 10.4 Å². The minimum atomic E-state index is -1.19. The lowest BCUT2D eigenvalue weighted by Gasteiger charge is -2.23. The highest BCUT2D eigenvalue weighted by Gasteiger charge is 2.36. The van der Waals surface area contributed by atoms with Gasteiger partial charge in [0.15, 0.2) is 0 Å². The minimum Gasteiger partial charge on any atom is -0.497 e. The second-order valence-electron chi connectivity index (χ2n) is 5.81. The van der Waals surface area contributed by atoms with E-state index < -0.39 is 5.41 Å². The van der Waals surface area contributed by atoms with Crippen molar-refractivity contribution in [3.8, 4) is 17.6 Å². The summed E-state index contributed by atoms with van der Waals surface area (Å²) in [6, 6.07) is 15.2. The van der Waals surface area contributed by atoms with Crippen molar-refractivity contribution in [3.63, 3.8) is 0 Å². The lowest BCUT2D eigenvalue weighted by Crippen LogP contribution is -2.33. The molecule has 6 nitrogen and oxygen atoms in total. The molecule has 0 saturated heterocycles. The molecular formula is C19H19N3O3. The van der Waals surface area contributed by atoms with E-state index in [1.807, 2.05) is 30.3 Å². The van der Waals surface area contributed by atoms with Crippen molar-refractivity contribution in [1.82, 2.24) is 9.97 Å². The number of nitriles is 1. The number of H-pyrrole nitrogens is 1. The van der Waals surface area contributed by atoms with Crippen LogP contribution in [0.25, 0.3) is 11.0 Å². The Morgan fingerprint density at radius 1 is 1.20 bits per heavy atom. The predicted molar refractivity (Wildman–Crippen MR) is 93.7 cm³/mol. The molecule has 0 radical (unpaired) electrons. The number of aromatic nitrogens is 2. The van der Waals surface area contributed by atoms with Gasteiger partial charge in [-0.05, 0) is 23.8 Å². The number of para-hydroxylation sites is 2. The van der Waals surface area contributed by atoms with Gasteiger partial charge < -0.3 is 19.6 Å². The van der Waals surface area contributed by atoms with Gasteiger partial charge in [0.25, 0.3) is 0 Å². The maximum absolute atomic E-state index is 10.0. The molecule has 0 aliphatic rings. The molecule has 1 heterocycles. The number of ether oxygens (including phenoxy) is 2. The van der Waals surface area contributed by atoms with Crippen molar-refractivity contribution in [2.75, 3.05) is 20.8 Å². The first-order valence-corrected chi connectivity index (χ1v) is 7.84. The Hall–Kier alpha value is -3.04. The van der Waals surface area contributed by atoms with Crippen LogP contribution in [0.3, 0.4) is 0 Å². The van der Waals surface area contributed by atoms with Crippen LogP contribution in [0.4, 0.5) is 0 Å². The van der Waals surface area contributed by atoms with Gasteiger partial charge in [-0.2, -0.15) is 5.26 Å². The highest BCUT2D eigenvalue weighted by atomic mass is 16.5. The molecule has 3 rings (SSSR count). The molecule has 25 heavy (non-hydrogen) atoms. The number of aliphatic hydroxyl groups is 1. The fourth-order valence-electron chi connectivity index (χ4n) is 2.84. The van der Waals surface area contributed by atoms with Crippen molar-refractivity contribution < 1.29 is 14.6 Å². The average Bonchev–Trinajstić information content (AvgIpc) is 3.11. The number of hydrogen-bond acceptors (Lipinski definition) is 5. The van der Waals surface area contributed by atoms with Gasteiger partial charge in [-0.3, -0.25) is 0 Å². The van der Waals surface area contributed by atoms with Gasteiger partial charge >= 0.3 is 0 Å². The van der Waals surface area contributed by atoms with Crippen LogP contribution >= 0.6 is 0 Å². The zero-order chi connectivity index (χ0) is 17.9. The van der Waals surface area contributed by atoms with E-state index in [2.05, 4.69) is 16.0 Å². The first kappa shape index (κ1) is 16.8. The molecule has 1 atom stereocenters. The summed E-state index contributed by atoms with van der Waals surface area (Å²) in [4.78, 5) is 7.67. The van der Waals surface area contributed by atoms with E-state index in [0.29, 0.717) is 17.3 Å². The van der Waals surface area contributed by atoms with Gasteiger partial charge in [-0.25, -0.2) is 4.98 Å². The number of methoxy groups -OCH3 is 2. The summed E-state index contributed by atoms with van der Waals surface area (Å²) in [6.45, 7) is -0.363. The first-order chi connectivity index (χ1) is 12.2. The van der Waals surface area contributed by atoms with Crippen LogP contribution in [0.1, 0.15) is 11.4 Å². The third-order valence-electron chi connectivity index (χ3n) is 4.31. The number of aliphatic hydroxyl groups excluding tert-OH is 1. The quantitative estimate of drug-likeness (QED) is 0.721. The van der Waals surface area contributed by atoms with E-state index in [-0.39, 0.29) is 13.0 Å². The van der Waals surface area contributed by atoms with Gasteiger partial charge in [-0.15, -0.1) is 0 Å². The molecule has 0 unspecified atom stereocenters. The van der Waals surface area contributed by atoms with E-state index in [0.717, 1.165) is 16.6 Å². The zero-order valence-electron chi connectivity index (χ0n) is 14.1. The smallest absolute Gasteiger partial charge is 0.142 e. The second kappa shape index (κ2) is 6.83. The van der Waals surface area contributed by atoms with Crippen LogP contribution in [-0.2, 0) is 11.8 Å². The molecular weight excluding hydrogens is 318 g/mol. The molecule has 0 spiro atoms. The zero-order valence-corrected chi connectivity index (χ0v) is 14.1. The predicted octanol–water partition coefficient (Wildman–Crippen LogP) is 2.58. The lowest BCUT2D eigenvalue weighted by molar-refractivity contribution is 0.222. The van der Waals surface area contributed by atoms with Gasteiger partial charge in [0.05, 0.1) is 37.9 Å². The number of imidazole rings is 1. The molecule has 2 aromatic carbocycles. The van der Waals surface area contributed by atoms with Crippen LogP contribution in [-0.4, -0.2) is 35.9 Å². The Balaban J connectivity index is 2.05. The van der Waals surface area contributed by atoms with Crippen molar-refractivity contribution in [2.24, 2.45) is 0 Å². The van der Waals surface area contributed by atoms with Crippen molar-refractivity contribution in [1.29, 1.82) is 5.26 Å². The molecule has 3 aromatic rings. The Morgan fingerprint density at radius 2 is 2.00 bits per heavy atom. The van der Waals surface area contributed by atoms with Gasteiger partial charge in [0, 0.05) is 12.5 Å². The molecule has 6 heteroatoms. The van der Waals surface area contributed by atoms with E-state index in [4.69, 9.17) is 9.47 Å². The summed E-state index contributed by atoms with van der Waals surface area (Å²) >= 11 is 0. The third kappa shape index (κ3) is 3.02. The summed E-state index contributed by atoms with van der Waals surface area (Å²) in [5.41, 5.74) is 1.18. The molecule has 0 amide bonds. The van der Waals surface area contributed by atoms with E-state index in [1.165, 1.54) is 0 Å². The highest BCUT2D eigenvalue weighted by Crippen LogP contribution is 2.33. The molecule has 1 aromatic heterocycles. The summed E-state index contributed by atoms with van der Waals surface area (Å²) < 4.78 is 10.6. The maximum Gasteiger partial charge on any atom is 0.142 e. The van der Waals surface area contributed by atoms with Gasteiger partial charge in [0.2, 0.25) is 0 Å². The van der Waals surface area contributed by atoms with E-state index in [1.54, 1.807) is 26.4 Å². The second-order valence-corrected chi connectivity index (χ2v) is 5.81. The fourth-order valence-corrected chi connectivity index (χ4v) is 2.84. The van der Waals surface area contributed by atoms with Crippen molar-refractivity contribution in [3.05, 3.63) is 53.9 Å². The largest absolute Gasteiger partial charge is 0.497 e. The number of rotatable bonds is 6. The Kier molecular flexibility index (Phi) is 4.59. The number of benzene rings is 2. The van der Waals surface area contributed by atoms with Gasteiger partial charge in [-0.1, -0.05) is 18.2 Å². The lowest BCUT2D eigenvalue weighted by atomic mass is 9.82. The van der Waals surface area contributed by atoms with E-state index >= 15 is 0 Å². The van der Waals surface area contributed by atoms with Crippen LogP contribution in [0.15, 0.2) is 42.5 Å². The molecule has 2 N–H and O–H groups in total.